The fourth-order valence-corrected chi connectivity index (χ4v) is 2.12. The Morgan fingerprint density at radius 3 is 2.72 bits per heavy atom. The first-order valence-electron chi connectivity index (χ1n) is 6.16. The fraction of sp³-hybridized carbons (Fsp3) is 0.583. The van der Waals surface area contributed by atoms with Crippen molar-refractivity contribution in [1.82, 2.24) is 14.9 Å². The highest BCUT2D eigenvalue weighted by atomic mass is 16.2. The van der Waals surface area contributed by atoms with Crippen molar-refractivity contribution in [1.29, 1.82) is 0 Å². The number of amides is 1. The summed E-state index contributed by atoms with van der Waals surface area (Å²) in [5.74, 6) is 1.88. The number of anilines is 2. The van der Waals surface area contributed by atoms with Gasteiger partial charge in [-0.3, -0.25) is 4.79 Å². The van der Waals surface area contributed by atoms with Crippen molar-refractivity contribution >= 4 is 17.5 Å². The molecule has 1 amide bonds. The lowest BCUT2D eigenvalue weighted by molar-refractivity contribution is -0.128. The summed E-state index contributed by atoms with van der Waals surface area (Å²) in [6, 6.07) is 1.68. The smallest absolute Gasteiger partial charge is 0.242 e. The third-order valence-corrected chi connectivity index (χ3v) is 3.07. The summed E-state index contributed by atoms with van der Waals surface area (Å²) >= 11 is 0. The summed E-state index contributed by atoms with van der Waals surface area (Å²) in [5, 5.41) is 0. The number of nitrogens with zero attached hydrogens (tertiary/aromatic N) is 4. The SMILES string of the molecule is Cc1nc(N)cc(N(C)CC(=O)N2CCCC2)n1. The van der Waals surface area contributed by atoms with Crippen molar-refractivity contribution < 1.29 is 4.79 Å². The molecular weight excluding hydrogens is 230 g/mol. The number of nitrogen functional groups attached to an aromatic ring is 1. The Bertz CT molecular complexity index is 422. The Morgan fingerprint density at radius 1 is 1.44 bits per heavy atom. The van der Waals surface area contributed by atoms with Gasteiger partial charge in [0.2, 0.25) is 5.91 Å². The van der Waals surface area contributed by atoms with Gasteiger partial charge in [0, 0.05) is 26.2 Å². The average Bonchev–Trinajstić information content (AvgIpc) is 2.80. The summed E-state index contributed by atoms with van der Waals surface area (Å²) in [4.78, 5) is 24.0. The molecule has 0 atom stereocenters. The van der Waals surface area contributed by atoms with Crippen LogP contribution in [0.3, 0.4) is 0 Å². The Balaban J connectivity index is 2.02. The summed E-state index contributed by atoms with van der Waals surface area (Å²) in [5.41, 5.74) is 5.68. The first kappa shape index (κ1) is 12.6. The van der Waals surface area contributed by atoms with E-state index in [1.165, 1.54) is 0 Å². The van der Waals surface area contributed by atoms with Crippen LogP contribution >= 0.6 is 0 Å². The van der Waals surface area contributed by atoms with Crippen LogP contribution in [0.1, 0.15) is 18.7 Å². The average molecular weight is 249 g/mol. The van der Waals surface area contributed by atoms with E-state index in [0.717, 1.165) is 25.9 Å². The molecule has 1 aliphatic heterocycles. The molecule has 0 unspecified atom stereocenters. The van der Waals surface area contributed by atoms with E-state index in [2.05, 4.69) is 9.97 Å². The first-order valence-corrected chi connectivity index (χ1v) is 6.16. The summed E-state index contributed by atoms with van der Waals surface area (Å²) in [6.07, 6.45) is 2.21. The topological polar surface area (TPSA) is 75.3 Å². The van der Waals surface area contributed by atoms with E-state index in [-0.39, 0.29) is 5.91 Å². The number of carbonyl (C=O) groups is 1. The van der Waals surface area contributed by atoms with Crippen molar-refractivity contribution in [3.63, 3.8) is 0 Å². The molecule has 98 valence electrons. The van der Waals surface area contributed by atoms with Gasteiger partial charge in [-0.15, -0.1) is 0 Å². The summed E-state index contributed by atoms with van der Waals surface area (Å²) in [6.45, 7) is 3.86. The Labute approximate surface area is 107 Å². The second-order valence-corrected chi connectivity index (χ2v) is 4.64. The normalized spacial score (nSPS) is 14.9. The van der Waals surface area contributed by atoms with Crippen LogP contribution in [0, 0.1) is 6.92 Å². The molecule has 2 N–H and O–H groups in total. The van der Waals surface area contributed by atoms with Crippen molar-refractivity contribution in [2.75, 3.05) is 37.3 Å². The highest BCUT2D eigenvalue weighted by molar-refractivity contribution is 5.81. The van der Waals surface area contributed by atoms with Crippen molar-refractivity contribution in [2.45, 2.75) is 19.8 Å². The zero-order valence-electron chi connectivity index (χ0n) is 10.9. The van der Waals surface area contributed by atoms with Gasteiger partial charge in [-0.1, -0.05) is 0 Å². The molecule has 2 rings (SSSR count). The number of aryl methyl sites for hydroxylation is 1. The zero-order valence-corrected chi connectivity index (χ0v) is 10.9. The first-order chi connectivity index (χ1) is 8.56. The van der Waals surface area contributed by atoms with Crippen LogP contribution in [-0.2, 0) is 4.79 Å². The van der Waals surface area contributed by atoms with E-state index in [4.69, 9.17) is 5.73 Å². The third kappa shape index (κ3) is 2.88. The number of rotatable bonds is 3. The second kappa shape index (κ2) is 5.20. The highest BCUT2D eigenvalue weighted by Crippen LogP contribution is 2.13. The monoisotopic (exact) mass is 249 g/mol. The van der Waals surface area contributed by atoms with E-state index in [0.29, 0.717) is 24.0 Å². The second-order valence-electron chi connectivity index (χ2n) is 4.64. The number of nitrogens with two attached hydrogens (primary N) is 1. The molecule has 0 radical (unpaired) electrons. The fourth-order valence-electron chi connectivity index (χ4n) is 2.12. The quantitative estimate of drug-likeness (QED) is 0.840. The van der Waals surface area contributed by atoms with Crippen molar-refractivity contribution in [3.05, 3.63) is 11.9 Å². The van der Waals surface area contributed by atoms with Gasteiger partial charge in [-0.05, 0) is 19.8 Å². The molecule has 1 aromatic heterocycles. The third-order valence-electron chi connectivity index (χ3n) is 3.07. The minimum atomic E-state index is 0.143. The molecule has 0 bridgehead atoms. The molecule has 1 aromatic rings. The van der Waals surface area contributed by atoms with Gasteiger partial charge in [0.1, 0.15) is 17.5 Å². The van der Waals surface area contributed by atoms with Crippen LogP contribution in [0.25, 0.3) is 0 Å². The minimum absolute atomic E-state index is 0.143. The molecular formula is C12H19N5O. The summed E-state index contributed by atoms with van der Waals surface area (Å²) in [7, 11) is 1.84. The number of likely N-dealkylation sites (tertiary alicyclic amines) is 1. The van der Waals surface area contributed by atoms with E-state index in [1.807, 2.05) is 16.8 Å². The zero-order chi connectivity index (χ0) is 13.1. The lowest BCUT2D eigenvalue weighted by Gasteiger charge is -2.22. The van der Waals surface area contributed by atoms with Crippen LogP contribution in [0.2, 0.25) is 0 Å². The number of hydrogen-bond donors (Lipinski definition) is 1. The largest absolute Gasteiger partial charge is 0.384 e. The predicted molar refractivity (Wildman–Crippen MR) is 70.3 cm³/mol. The van der Waals surface area contributed by atoms with Crippen LogP contribution in [-0.4, -0.2) is 47.5 Å². The van der Waals surface area contributed by atoms with Gasteiger partial charge in [0.25, 0.3) is 0 Å². The van der Waals surface area contributed by atoms with E-state index in [9.17, 15) is 4.79 Å². The van der Waals surface area contributed by atoms with Crippen molar-refractivity contribution in [2.24, 2.45) is 0 Å². The maximum Gasteiger partial charge on any atom is 0.242 e. The van der Waals surface area contributed by atoms with Gasteiger partial charge in [-0.25, -0.2) is 9.97 Å². The lowest BCUT2D eigenvalue weighted by Crippen LogP contribution is -2.37. The molecule has 0 saturated carbocycles. The lowest BCUT2D eigenvalue weighted by atomic mass is 10.4. The Kier molecular flexibility index (Phi) is 3.64. The molecule has 0 aliphatic carbocycles. The number of aromatic nitrogens is 2. The molecule has 6 nitrogen and oxygen atoms in total. The Morgan fingerprint density at radius 2 is 2.11 bits per heavy atom. The number of hydrogen-bond acceptors (Lipinski definition) is 5. The van der Waals surface area contributed by atoms with Gasteiger partial charge < -0.3 is 15.5 Å². The van der Waals surface area contributed by atoms with Crippen molar-refractivity contribution in [3.8, 4) is 0 Å². The van der Waals surface area contributed by atoms with E-state index >= 15 is 0 Å². The van der Waals surface area contributed by atoms with E-state index < -0.39 is 0 Å². The molecule has 1 fully saturated rings. The maximum absolute atomic E-state index is 12.0. The molecule has 0 spiro atoms. The molecule has 1 saturated heterocycles. The molecule has 6 heteroatoms. The molecule has 2 heterocycles. The van der Waals surface area contributed by atoms with Crippen LogP contribution < -0.4 is 10.6 Å². The van der Waals surface area contributed by atoms with Crippen LogP contribution in [0.5, 0.6) is 0 Å². The number of likely N-dealkylation sites (N-methyl/N-ethyl adjacent to an activating group) is 1. The maximum atomic E-state index is 12.0. The number of carbonyl (C=O) groups excluding carboxylic acids is 1. The van der Waals surface area contributed by atoms with Crippen LogP contribution in [0.4, 0.5) is 11.6 Å². The molecule has 0 aromatic carbocycles. The highest BCUT2D eigenvalue weighted by Gasteiger charge is 2.19. The van der Waals surface area contributed by atoms with Crippen LogP contribution in [0.15, 0.2) is 6.07 Å². The van der Waals surface area contributed by atoms with Gasteiger partial charge in [0.15, 0.2) is 0 Å². The Hall–Kier alpha value is -1.85. The van der Waals surface area contributed by atoms with Gasteiger partial charge in [-0.2, -0.15) is 0 Å². The standard InChI is InChI=1S/C12H19N5O/c1-9-14-10(13)7-11(15-9)16(2)8-12(18)17-5-3-4-6-17/h7H,3-6,8H2,1-2H3,(H2,13,14,15). The van der Waals surface area contributed by atoms with Gasteiger partial charge in [0.05, 0.1) is 6.54 Å². The minimum Gasteiger partial charge on any atom is -0.384 e. The summed E-state index contributed by atoms with van der Waals surface area (Å²) < 4.78 is 0. The molecule has 18 heavy (non-hydrogen) atoms. The van der Waals surface area contributed by atoms with E-state index in [1.54, 1.807) is 13.0 Å². The predicted octanol–water partition coefficient (Wildman–Crippen LogP) is 0.426. The molecule has 1 aliphatic rings. The van der Waals surface area contributed by atoms with Gasteiger partial charge >= 0.3 is 0 Å².